The zero-order valence-corrected chi connectivity index (χ0v) is 15.7. The van der Waals surface area contributed by atoms with Crippen molar-refractivity contribution in [1.29, 1.82) is 0 Å². The third-order valence-electron chi connectivity index (χ3n) is 3.70. The fourth-order valence-electron chi connectivity index (χ4n) is 2.33. The van der Waals surface area contributed by atoms with Crippen molar-refractivity contribution in [3.63, 3.8) is 0 Å². The first kappa shape index (κ1) is 19.5. The zero-order chi connectivity index (χ0) is 17.9. The topological polar surface area (TPSA) is 69.0 Å². The Bertz CT molecular complexity index is 646. The van der Waals surface area contributed by atoms with Crippen LogP contribution in [-0.2, 0) is 22.5 Å². The summed E-state index contributed by atoms with van der Waals surface area (Å²) in [5.41, 5.74) is 1.18. The largest absolute Gasteiger partial charge is 0.383 e. The maximum Gasteiger partial charge on any atom is 0.230 e. The van der Waals surface area contributed by atoms with Gasteiger partial charge in [0.15, 0.2) is 5.16 Å². The number of rotatable bonds is 11. The van der Waals surface area contributed by atoms with Crippen LogP contribution in [0, 0.1) is 0 Å². The molecule has 0 radical (unpaired) electrons. The lowest BCUT2D eigenvalue weighted by atomic mass is 10.1. The molecule has 0 fully saturated rings. The van der Waals surface area contributed by atoms with Crippen LogP contribution in [0.4, 0.5) is 0 Å². The van der Waals surface area contributed by atoms with E-state index in [-0.39, 0.29) is 5.91 Å². The molecule has 0 aliphatic carbocycles. The number of carbonyl (C=O) groups excluding carboxylic acids is 1. The number of unbranched alkanes of at least 4 members (excludes halogenated alkanes) is 1. The molecule has 0 saturated heterocycles. The first-order valence-corrected chi connectivity index (χ1v) is 9.57. The maximum atomic E-state index is 11.9. The van der Waals surface area contributed by atoms with Crippen molar-refractivity contribution in [1.82, 2.24) is 20.1 Å². The van der Waals surface area contributed by atoms with Gasteiger partial charge in [-0.1, -0.05) is 55.4 Å². The molecule has 0 aliphatic heterocycles. The Morgan fingerprint density at radius 3 is 2.80 bits per heavy atom. The molecule has 25 heavy (non-hydrogen) atoms. The minimum Gasteiger partial charge on any atom is -0.383 e. The molecule has 1 aromatic carbocycles. The number of methoxy groups -OCH3 is 1. The fourth-order valence-corrected chi connectivity index (χ4v) is 3.14. The molecule has 1 heterocycles. The van der Waals surface area contributed by atoms with Crippen LogP contribution in [-0.4, -0.2) is 46.7 Å². The Kier molecular flexibility index (Phi) is 8.48. The Labute approximate surface area is 153 Å². The molecule has 2 rings (SSSR count). The van der Waals surface area contributed by atoms with Crippen LogP contribution in [0.2, 0.25) is 0 Å². The summed E-state index contributed by atoms with van der Waals surface area (Å²) in [4.78, 5) is 11.9. The number of aromatic nitrogens is 3. The monoisotopic (exact) mass is 362 g/mol. The van der Waals surface area contributed by atoms with Gasteiger partial charge in [0, 0.05) is 26.6 Å². The number of thioether (sulfide) groups is 1. The summed E-state index contributed by atoms with van der Waals surface area (Å²) < 4.78 is 7.24. The lowest BCUT2D eigenvalue weighted by Gasteiger charge is -2.10. The molecular weight excluding hydrogens is 336 g/mol. The van der Waals surface area contributed by atoms with Gasteiger partial charge in [0.2, 0.25) is 5.91 Å². The van der Waals surface area contributed by atoms with E-state index in [9.17, 15) is 4.79 Å². The van der Waals surface area contributed by atoms with Gasteiger partial charge in [-0.15, -0.1) is 10.2 Å². The maximum absolute atomic E-state index is 11.9. The van der Waals surface area contributed by atoms with Crippen molar-refractivity contribution in [2.75, 3.05) is 26.0 Å². The van der Waals surface area contributed by atoms with Gasteiger partial charge in [-0.05, 0) is 12.0 Å². The molecule has 1 aromatic heterocycles. The summed E-state index contributed by atoms with van der Waals surface area (Å²) in [5, 5.41) is 12.3. The average molecular weight is 362 g/mol. The summed E-state index contributed by atoms with van der Waals surface area (Å²) in [6.07, 6.45) is 2.78. The average Bonchev–Trinajstić information content (AvgIpc) is 3.01. The lowest BCUT2D eigenvalue weighted by molar-refractivity contribution is -0.118. The van der Waals surface area contributed by atoms with E-state index in [1.807, 2.05) is 22.8 Å². The highest BCUT2D eigenvalue weighted by Crippen LogP contribution is 2.18. The second-order valence-corrected chi connectivity index (χ2v) is 6.64. The van der Waals surface area contributed by atoms with Crippen molar-refractivity contribution in [2.24, 2.45) is 0 Å². The number of hydrogen-bond donors (Lipinski definition) is 1. The number of nitrogens with zero attached hydrogens (tertiary/aromatic N) is 3. The third kappa shape index (κ3) is 6.51. The minimum absolute atomic E-state index is 0.0318. The summed E-state index contributed by atoms with van der Waals surface area (Å²) in [7, 11) is 1.68. The van der Waals surface area contributed by atoms with Crippen LogP contribution in [0.25, 0.3) is 0 Å². The van der Waals surface area contributed by atoms with Gasteiger partial charge < -0.3 is 14.6 Å². The first-order valence-electron chi connectivity index (χ1n) is 8.59. The van der Waals surface area contributed by atoms with Crippen LogP contribution in [0.1, 0.15) is 31.2 Å². The van der Waals surface area contributed by atoms with Gasteiger partial charge in [0.1, 0.15) is 5.82 Å². The van der Waals surface area contributed by atoms with Crippen molar-refractivity contribution >= 4 is 17.7 Å². The van der Waals surface area contributed by atoms with Gasteiger partial charge in [0.25, 0.3) is 0 Å². The third-order valence-corrected chi connectivity index (χ3v) is 4.67. The van der Waals surface area contributed by atoms with Crippen LogP contribution in [0.15, 0.2) is 35.5 Å². The molecule has 0 spiro atoms. The summed E-state index contributed by atoms with van der Waals surface area (Å²) in [6.45, 7) is 4.08. The molecule has 1 N–H and O–H groups in total. The van der Waals surface area contributed by atoms with E-state index in [0.29, 0.717) is 25.3 Å². The first-order chi connectivity index (χ1) is 12.2. The van der Waals surface area contributed by atoms with Gasteiger partial charge in [-0.25, -0.2) is 0 Å². The van der Waals surface area contributed by atoms with Crippen molar-refractivity contribution < 1.29 is 9.53 Å². The van der Waals surface area contributed by atoms with E-state index < -0.39 is 0 Å². The zero-order valence-electron chi connectivity index (χ0n) is 14.9. The van der Waals surface area contributed by atoms with Crippen LogP contribution >= 0.6 is 11.8 Å². The SMILES string of the molecule is CCCCNC(=O)CSc1nnc(Cc2ccccc2)n1CCOC. The number of amides is 1. The van der Waals surface area contributed by atoms with E-state index in [0.717, 1.165) is 30.4 Å². The molecular formula is C18H26N4O2S. The van der Waals surface area contributed by atoms with Crippen molar-refractivity contribution in [3.8, 4) is 0 Å². The van der Waals surface area contributed by atoms with E-state index in [2.05, 4.69) is 34.6 Å². The molecule has 0 bridgehead atoms. The normalized spacial score (nSPS) is 10.8. The van der Waals surface area contributed by atoms with Gasteiger partial charge in [-0.3, -0.25) is 4.79 Å². The molecule has 0 unspecified atom stereocenters. The van der Waals surface area contributed by atoms with Gasteiger partial charge >= 0.3 is 0 Å². The summed E-state index contributed by atoms with van der Waals surface area (Å²) >= 11 is 1.42. The second kappa shape index (κ2) is 10.9. The standard InChI is InChI=1S/C18H26N4O2S/c1-3-4-10-19-17(23)14-25-18-21-20-16(22(18)11-12-24-2)13-15-8-6-5-7-9-15/h5-9H,3-4,10-14H2,1-2H3,(H,19,23). The molecule has 2 aromatic rings. The van der Waals surface area contributed by atoms with E-state index in [4.69, 9.17) is 4.74 Å². The predicted octanol–water partition coefficient (Wildman–Crippen LogP) is 2.52. The number of ether oxygens (including phenoxy) is 1. The number of hydrogen-bond acceptors (Lipinski definition) is 5. The van der Waals surface area contributed by atoms with Crippen molar-refractivity contribution in [2.45, 2.75) is 37.9 Å². The van der Waals surface area contributed by atoms with E-state index in [1.165, 1.54) is 17.3 Å². The number of nitrogens with one attached hydrogen (secondary N) is 1. The van der Waals surface area contributed by atoms with E-state index >= 15 is 0 Å². The van der Waals surface area contributed by atoms with Gasteiger partial charge in [0.05, 0.1) is 12.4 Å². The van der Waals surface area contributed by atoms with Crippen LogP contribution in [0.5, 0.6) is 0 Å². The highest BCUT2D eigenvalue weighted by molar-refractivity contribution is 7.99. The van der Waals surface area contributed by atoms with Crippen LogP contribution in [0.3, 0.4) is 0 Å². The molecule has 0 atom stereocenters. The summed E-state index contributed by atoms with van der Waals surface area (Å²) in [5.74, 6) is 1.27. The molecule has 136 valence electrons. The number of benzene rings is 1. The Hall–Kier alpha value is -1.86. The Balaban J connectivity index is 2.00. The smallest absolute Gasteiger partial charge is 0.230 e. The lowest BCUT2D eigenvalue weighted by Crippen LogP contribution is -2.26. The Morgan fingerprint density at radius 2 is 2.08 bits per heavy atom. The molecule has 6 nitrogen and oxygen atoms in total. The van der Waals surface area contributed by atoms with E-state index in [1.54, 1.807) is 7.11 Å². The quantitative estimate of drug-likeness (QED) is 0.491. The Morgan fingerprint density at radius 1 is 1.28 bits per heavy atom. The predicted molar refractivity (Wildman–Crippen MR) is 99.8 cm³/mol. The highest BCUT2D eigenvalue weighted by Gasteiger charge is 2.14. The highest BCUT2D eigenvalue weighted by atomic mass is 32.2. The van der Waals surface area contributed by atoms with Crippen LogP contribution < -0.4 is 5.32 Å². The molecule has 1 amide bonds. The fraction of sp³-hybridized carbons (Fsp3) is 0.500. The molecule has 0 aliphatic rings. The van der Waals surface area contributed by atoms with Crippen molar-refractivity contribution in [3.05, 3.63) is 41.7 Å². The second-order valence-electron chi connectivity index (χ2n) is 5.70. The minimum atomic E-state index is 0.0318. The summed E-state index contributed by atoms with van der Waals surface area (Å²) in [6, 6.07) is 10.2. The molecule has 0 saturated carbocycles. The number of carbonyl (C=O) groups is 1. The molecule has 7 heteroatoms. The van der Waals surface area contributed by atoms with Gasteiger partial charge in [-0.2, -0.15) is 0 Å².